The number of likely N-dealkylation sites (tertiary alicyclic amines) is 1. The maximum atomic E-state index is 13.1. The summed E-state index contributed by atoms with van der Waals surface area (Å²) in [6, 6.07) is 15.5. The Morgan fingerprint density at radius 2 is 1.90 bits per heavy atom. The molecule has 0 N–H and O–H groups in total. The quantitative estimate of drug-likeness (QED) is 0.744. The number of carbonyl (C=O) groups is 2. The second kappa shape index (κ2) is 7.21. The molecule has 0 unspecified atom stereocenters. The molecule has 5 nitrogen and oxygen atoms in total. The van der Waals surface area contributed by atoms with Crippen LogP contribution in [0, 0.1) is 18.3 Å². The van der Waals surface area contributed by atoms with Crippen LogP contribution in [-0.2, 0) is 15.0 Å². The van der Waals surface area contributed by atoms with Crippen LogP contribution in [0.15, 0.2) is 48.5 Å². The largest absolute Gasteiger partial charge is 0.339 e. The van der Waals surface area contributed by atoms with Gasteiger partial charge in [-0.3, -0.25) is 9.59 Å². The molecule has 2 aromatic rings. The van der Waals surface area contributed by atoms with Crippen molar-refractivity contribution in [3.05, 3.63) is 70.8 Å². The number of likely N-dealkylation sites (N-methyl/N-ethyl adjacent to an activating group) is 1. The van der Waals surface area contributed by atoms with Gasteiger partial charge >= 0.3 is 0 Å². The minimum atomic E-state index is -0.631. The Hall–Kier alpha value is -3.39. The minimum absolute atomic E-state index is 0.0343. The van der Waals surface area contributed by atoms with Gasteiger partial charge in [0.05, 0.1) is 17.0 Å². The lowest BCUT2D eigenvalue weighted by Crippen LogP contribution is -2.49. The van der Waals surface area contributed by atoms with Crippen LogP contribution < -0.4 is 4.90 Å². The predicted octanol–water partition coefficient (Wildman–Crippen LogP) is 3.42. The van der Waals surface area contributed by atoms with Crippen LogP contribution in [-0.4, -0.2) is 36.9 Å². The normalized spacial score (nSPS) is 17.6. The summed E-state index contributed by atoms with van der Waals surface area (Å²) in [7, 11) is 1.78. The van der Waals surface area contributed by atoms with E-state index in [1.165, 1.54) is 0 Å². The number of nitrogens with zero attached hydrogens (tertiary/aromatic N) is 3. The van der Waals surface area contributed by atoms with Gasteiger partial charge in [-0.25, -0.2) is 0 Å². The summed E-state index contributed by atoms with van der Waals surface area (Å²) >= 11 is 0. The second-order valence-corrected chi connectivity index (χ2v) is 7.81. The summed E-state index contributed by atoms with van der Waals surface area (Å²) in [6.45, 7) is 3.06. The van der Waals surface area contributed by atoms with Gasteiger partial charge in [0, 0.05) is 31.9 Å². The molecule has 0 radical (unpaired) electrons. The van der Waals surface area contributed by atoms with Crippen LogP contribution in [0.1, 0.15) is 35.1 Å². The first-order valence-electron chi connectivity index (χ1n) is 9.82. The highest BCUT2D eigenvalue weighted by atomic mass is 16.2. The minimum Gasteiger partial charge on any atom is -0.339 e. The van der Waals surface area contributed by atoms with E-state index in [4.69, 9.17) is 0 Å². The number of anilines is 1. The van der Waals surface area contributed by atoms with E-state index in [9.17, 15) is 14.9 Å². The molecule has 2 heterocycles. The van der Waals surface area contributed by atoms with E-state index in [-0.39, 0.29) is 11.8 Å². The molecule has 0 aromatic heterocycles. The van der Waals surface area contributed by atoms with Crippen molar-refractivity contribution >= 4 is 23.6 Å². The molecule has 29 heavy (non-hydrogen) atoms. The van der Waals surface area contributed by atoms with E-state index in [2.05, 4.69) is 6.07 Å². The number of rotatable bonds is 2. The summed E-state index contributed by atoms with van der Waals surface area (Å²) in [5, 5.41) is 9.27. The Morgan fingerprint density at radius 3 is 2.59 bits per heavy atom. The van der Waals surface area contributed by atoms with E-state index in [1.807, 2.05) is 49.4 Å². The van der Waals surface area contributed by atoms with E-state index in [1.54, 1.807) is 29.0 Å². The second-order valence-electron chi connectivity index (χ2n) is 7.81. The third-order valence-corrected chi connectivity index (χ3v) is 6.24. The molecule has 2 amide bonds. The SMILES string of the molecule is Cc1ccccc1/C=C/C(=O)N1CCC2(CC1)C(=O)N(C)c1ccc(C#N)cc12. The number of carbonyl (C=O) groups excluding carboxylic acids is 2. The van der Waals surface area contributed by atoms with Crippen LogP contribution in [0.3, 0.4) is 0 Å². The van der Waals surface area contributed by atoms with Crippen molar-refractivity contribution in [1.29, 1.82) is 5.26 Å². The first-order chi connectivity index (χ1) is 14.0. The van der Waals surface area contributed by atoms with Gasteiger partial charge in [-0.2, -0.15) is 5.26 Å². The highest BCUT2D eigenvalue weighted by Crippen LogP contribution is 2.47. The van der Waals surface area contributed by atoms with Gasteiger partial charge in [0.15, 0.2) is 0 Å². The van der Waals surface area contributed by atoms with Gasteiger partial charge in [-0.15, -0.1) is 0 Å². The fourth-order valence-corrected chi connectivity index (χ4v) is 4.46. The number of fused-ring (bicyclic) bond motifs is 2. The highest BCUT2D eigenvalue weighted by Gasteiger charge is 2.51. The molecular formula is C24H23N3O2. The lowest BCUT2D eigenvalue weighted by Gasteiger charge is -2.38. The zero-order valence-electron chi connectivity index (χ0n) is 16.7. The van der Waals surface area contributed by atoms with Crippen molar-refractivity contribution in [3.63, 3.8) is 0 Å². The molecule has 5 heteroatoms. The van der Waals surface area contributed by atoms with E-state index in [0.29, 0.717) is 31.5 Å². The van der Waals surface area contributed by atoms with Crippen LogP contribution in [0.4, 0.5) is 5.69 Å². The molecule has 0 bridgehead atoms. The number of piperidine rings is 1. The summed E-state index contributed by atoms with van der Waals surface area (Å²) in [6.07, 6.45) is 4.61. The van der Waals surface area contributed by atoms with Crippen molar-refractivity contribution in [2.45, 2.75) is 25.2 Å². The van der Waals surface area contributed by atoms with Crippen LogP contribution in [0.2, 0.25) is 0 Å². The molecule has 1 saturated heterocycles. The highest BCUT2D eigenvalue weighted by molar-refractivity contribution is 6.08. The molecule has 0 atom stereocenters. The van der Waals surface area contributed by atoms with Crippen molar-refractivity contribution in [2.24, 2.45) is 0 Å². The summed E-state index contributed by atoms with van der Waals surface area (Å²) < 4.78 is 0. The van der Waals surface area contributed by atoms with Crippen LogP contribution in [0.25, 0.3) is 6.08 Å². The Bertz CT molecular complexity index is 1060. The topological polar surface area (TPSA) is 64.4 Å². The fraction of sp³-hybridized carbons (Fsp3) is 0.292. The van der Waals surface area contributed by atoms with Crippen molar-refractivity contribution in [2.75, 3.05) is 25.0 Å². The van der Waals surface area contributed by atoms with Crippen molar-refractivity contribution in [3.8, 4) is 6.07 Å². The van der Waals surface area contributed by atoms with Gasteiger partial charge in [0.25, 0.3) is 0 Å². The van der Waals surface area contributed by atoms with Gasteiger partial charge < -0.3 is 9.80 Å². The summed E-state index contributed by atoms with van der Waals surface area (Å²) in [5.74, 6) is 0.0260. The monoisotopic (exact) mass is 385 g/mol. The van der Waals surface area contributed by atoms with Gasteiger partial charge in [0.1, 0.15) is 0 Å². The zero-order valence-corrected chi connectivity index (χ0v) is 16.7. The Labute approximate surface area is 170 Å². The van der Waals surface area contributed by atoms with Crippen LogP contribution in [0.5, 0.6) is 0 Å². The van der Waals surface area contributed by atoms with Gasteiger partial charge in [-0.05, 0) is 60.7 Å². The Balaban J connectivity index is 1.52. The Kier molecular flexibility index (Phi) is 4.71. The number of hydrogen-bond donors (Lipinski definition) is 0. The van der Waals surface area contributed by atoms with Crippen molar-refractivity contribution < 1.29 is 9.59 Å². The van der Waals surface area contributed by atoms with E-state index < -0.39 is 5.41 Å². The third-order valence-electron chi connectivity index (χ3n) is 6.24. The summed E-state index contributed by atoms with van der Waals surface area (Å²) in [5.41, 5.74) is 3.87. The molecule has 4 rings (SSSR count). The molecule has 2 aliphatic rings. The molecular weight excluding hydrogens is 362 g/mol. The molecule has 2 aliphatic heterocycles. The maximum Gasteiger partial charge on any atom is 0.246 e. The van der Waals surface area contributed by atoms with Crippen molar-refractivity contribution in [1.82, 2.24) is 4.90 Å². The maximum absolute atomic E-state index is 13.1. The number of nitriles is 1. The Morgan fingerprint density at radius 1 is 1.17 bits per heavy atom. The standard InChI is InChI=1S/C24H23N3O2/c1-17-5-3-4-6-19(17)8-10-22(28)27-13-11-24(12-14-27)20-15-18(16-25)7-9-21(20)26(2)23(24)29/h3-10,15H,11-14H2,1-2H3/b10-8+. The lowest BCUT2D eigenvalue weighted by molar-refractivity contribution is -0.131. The van der Waals surface area contributed by atoms with E-state index in [0.717, 1.165) is 22.4 Å². The number of aryl methyl sites for hydroxylation is 1. The molecule has 0 aliphatic carbocycles. The molecule has 1 fully saturated rings. The lowest BCUT2D eigenvalue weighted by atomic mass is 9.73. The average molecular weight is 385 g/mol. The molecule has 146 valence electrons. The predicted molar refractivity (Wildman–Crippen MR) is 112 cm³/mol. The molecule has 2 aromatic carbocycles. The van der Waals surface area contributed by atoms with Crippen LogP contribution >= 0.6 is 0 Å². The first kappa shape index (κ1) is 18.9. The number of amides is 2. The molecule has 1 spiro atoms. The smallest absolute Gasteiger partial charge is 0.246 e. The van der Waals surface area contributed by atoms with E-state index >= 15 is 0 Å². The number of benzene rings is 2. The average Bonchev–Trinajstić information content (AvgIpc) is 2.95. The third kappa shape index (κ3) is 3.11. The van der Waals surface area contributed by atoms with Gasteiger partial charge in [-0.1, -0.05) is 24.3 Å². The molecule has 0 saturated carbocycles. The first-order valence-corrected chi connectivity index (χ1v) is 9.82. The fourth-order valence-electron chi connectivity index (χ4n) is 4.46. The zero-order chi connectivity index (χ0) is 20.6. The van der Waals surface area contributed by atoms with Gasteiger partial charge in [0.2, 0.25) is 11.8 Å². The number of hydrogen-bond acceptors (Lipinski definition) is 3. The summed E-state index contributed by atoms with van der Waals surface area (Å²) in [4.78, 5) is 29.3.